The number of hydrogen-bond donors (Lipinski definition) is 1. The number of thiophene rings is 1. The van der Waals surface area contributed by atoms with Gasteiger partial charge in [0.05, 0.1) is 30.7 Å². The number of hydrogen-bond acceptors (Lipinski definition) is 6. The first-order chi connectivity index (χ1) is 15.1. The third-order valence-corrected chi connectivity index (χ3v) is 7.12. The van der Waals surface area contributed by atoms with Crippen LogP contribution in [0.2, 0.25) is 0 Å². The predicted octanol–water partition coefficient (Wildman–Crippen LogP) is 3.27. The van der Waals surface area contributed by atoms with Crippen LogP contribution in [0, 0.1) is 11.8 Å². The number of esters is 1. The zero-order valence-corrected chi connectivity index (χ0v) is 17.5. The Hall–Kier alpha value is -3.29. The van der Waals surface area contributed by atoms with E-state index >= 15 is 0 Å². The highest BCUT2D eigenvalue weighted by Gasteiger charge is 2.69. The number of ether oxygens (including phenoxy) is 1. The summed E-state index contributed by atoms with van der Waals surface area (Å²) in [5.74, 6) is -2.95. The summed E-state index contributed by atoms with van der Waals surface area (Å²) in [5, 5.41) is 5.30. The van der Waals surface area contributed by atoms with E-state index in [-0.39, 0.29) is 5.91 Å². The third-order valence-electron chi connectivity index (χ3n) is 6.16. The molecule has 2 aliphatic rings. The van der Waals surface area contributed by atoms with Crippen LogP contribution in [0.5, 0.6) is 0 Å². The topological polar surface area (TPSA) is 75.7 Å². The quantitative estimate of drug-likeness (QED) is 0.506. The molecule has 5 rings (SSSR count). The number of amides is 2. The second-order valence-electron chi connectivity index (χ2n) is 7.65. The lowest BCUT2D eigenvalue weighted by molar-refractivity contribution is -0.152. The van der Waals surface area contributed by atoms with Crippen LogP contribution in [0.3, 0.4) is 0 Å². The molecule has 2 fully saturated rings. The lowest BCUT2D eigenvalue weighted by atomic mass is 9.75. The third kappa shape index (κ3) is 2.77. The van der Waals surface area contributed by atoms with Gasteiger partial charge in [-0.05, 0) is 29.1 Å². The maximum absolute atomic E-state index is 13.8. The van der Waals surface area contributed by atoms with Crippen LogP contribution in [-0.4, -0.2) is 24.9 Å². The first kappa shape index (κ1) is 19.7. The van der Waals surface area contributed by atoms with Gasteiger partial charge in [-0.25, -0.2) is 9.69 Å². The average molecular weight is 433 g/mol. The molecule has 156 valence electrons. The number of benzene rings is 2. The van der Waals surface area contributed by atoms with Crippen molar-refractivity contribution in [2.75, 3.05) is 12.0 Å². The van der Waals surface area contributed by atoms with Gasteiger partial charge in [0.15, 0.2) is 5.54 Å². The standard InChI is InChI=1S/C24H20N2O4S/c1-30-23(29)24(15-9-4-2-5-10-15)19-18(20(25-24)17-13-8-14-31-17)21(27)26(22(19)28)16-11-6-3-7-12-16/h2-14,18-20,25H,1H3/t18-,19-,20+,24+/m0/s1. The second-order valence-corrected chi connectivity index (χ2v) is 8.63. The number of imide groups is 1. The van der Waals surface area contributed by atoms with E-state index in [0.717, 1.165) is 4.88 Å². The number of anilines is 1. The number of rotatable bonds is 4. The first-order valence-corrected chi connectivity index (χ1v) is 10.9. The van der Waals surface area contributed by atoms with Crippen molar-refractivity contribution in [2.24, 2.45) is 11.8 Å². The molecule has 0 unspecified atom stereocenters. The minimum Gasteiger partial charge on any atom is -0.467 e. The molecule has 0 saturated carbocycles. The number of nitrogens with zero attached hydrogens (tertiary/aromatic N) is 1. The average Bonchev–Trinajstić information content (AvgIpc) is 3.51. The summed E-state index contributed by atoms with van der Waals surface area (Å²) in [4.78, 5) is 42.9. The highest BCUT2D eigenvalue weighted by atomic mass is 32.1. The summed E-state index contributed by atoms with van der Waals surface area (Å²) in [7, 11) is 1.30. The van der Waals surface area contributed by atoms with E-state index in [1.165, 1.54) is 23.3 Å². The van der Waals surface area contributed by atoms with Crippen molar-refractivity contribution in [3.63, 3.8) is 0 Å². The molecule has 2 aliphatic heterocycles. The second kappa shape index (κ2) is 7.44. The van der Waals surface area contributed by atoms with Gasteiger partial charge in [-0.2, -0.15) is 0 Å². The molecule has 0 bridgehead atoms. The SMILES string of the molecule is COC(=O)[C@]1(c2ccccc2)N[C@H](c2cccs2)[C@H]2C(=O)N(c3ccccc3)C(=O)[C@H]21. The minimum atomic E-state index is -1.47. The Kier molecular flexibility index (Phi) is 4.72. The van der Waals surface area contributed by atoms with Crippen LogP contribution in [0.1, 0.15) is 16.5 Å². The molecule has 0 aliphatic carbocycles. The van der Waals surface area contributed by atoms with Crippen LogP contribution < -0.4 is 10.2 Å². The minimum absolute atomic E-state index is 0.311. The number of carbonyl (C=O) groups is 3. The van der Waals surface area contributed by atoms with Crippen molar-refractivity contribution in [3.8, 4) is 0 Å². The van der Waals surface area contributed by atoms with E-state index in [4.69, 9.17) is 4.74 Å². The molecular weight excluding hydrogens is 412 g/mol. The van der Waals surface area contributed by atoms with E-state index in [2.05, 4.69) is 5.32 Å². The highest BCUT2D eigenvalue weighted by Crippen LogP contribution is 2.54. The molecule has 3 heterocycles. The molecule has 2 aromatic carbocycles. The first-order valence-electron chi connectivity index (χ1n) is 9.97. The van der Waals surface area contributed by atoms with Crippen molar-refractivity contribution >= 4 is 34.8 Å². The number of fused-ring (bicyclic) bond motifs is 1. The van der Waals surface area contributed by atoms with Crippen LogP contribution in [0.4, 0.5) is 5.69 Å². The predicted molar refractivity (Wildman–Crippen MR) is 116 cm³/mol. The fraction of sp³-hybridized carbons (Fsp3) is 0.208. The smallest absolute Gasteiger partial charge is 0.331 e. The monoisotopic (exact) mass is 432 g/mol. The highest BCUT2D eigenvalue weighted by molar-refractivity contribution is 7.10. The van der Waals surface area contributed by atoms with E-state index < -0.39 is 35.3 Å². The molecule has 2 amide bonds. The van der Waals surface area contributed by atoms with Gasteiger partial charge in [0, 0.05) is 4.88 Å². The van der Waals surface area contributed by atoms with E-state index in [1.807, 2.05) is 41.8 Å². The van der Waals surface area contributed by atoms with Gasteiger partial charge >= 0.3 is 5.97 Å². The molecule has 7 heteroatoms. The normalized spacial score (nSPS) is 27.4. The lowest BCUT2D eigenvalue weighted by Gasteiger charge is -2.32. The molecule has 1 N–H and O–H groups in total. The van der Waals surface area contributed by atoms with Crippen molar-refractivity contribution in [2.45, 2.75) is 11.6 Å². The Morgan fingerprint density at radius 2 is 1.65 bits per heavy atom. The van der Waals surface area contributed by atoms with Crippen molar-refractivity contribution in [1.82, 2.24) is 5.32 Å². The molecule has 0 radical (unpaired) electrons. The Morgan fingerprint density at radius 3 is 2.26 bits per heavy atom. The number of methoxy groups -OCH3 is 1. The van der Waals surface area contributed by atoms with Crippen LogP contribution in [-0.2, 0) is 24.7 Å². The Morgan fingerprint density at radius 1 is 0.968 bits per heavy atom. The molecule has 0 spiro atoms. The van der Waals surface area contributed by atoms with Crippen LogP contribution in [0.25, 0.3) is 0 Å². The fourth-order valence-electron chi connectivity index (χ4n) is 4.88. The summed E-state index contributed by atoms with van der Waals surface area (Å²) in [6.07, 6.45) is 0. The number of para-hydroxylation sites is 1. The van der Waals surface area contributed by atoms with Gasteiger partial charge in [0.2, 0.25) is 11.8 Å². The van der Waals surface area contributed by atoms with Gasteiger partial charge < -0.3 is 4.74 Å². The summed E-state index contributed by atoms with van der Waals surface area (Å²) >= 11 is 1.49. The Balaban J connectivity index is 1.73. The summed E-state index contributed by atoms with van der Waals surface area (Å²) in [5.41, 5.74) is -0.360. The Bertz CT molecular complexity index is 1130. The van der Waals surface area contributed by atoms with E-state index in [0.29, 0.717) is 11.3 Å². The summed E-state index contributed by atoms with van der Waals surface area (Å²) < 4.78 is 5.21. The summed E-state index contributed by atoms with van der Waals surface area (Å²) in [6, 6.07) is 21.2. The zero-order chi connectivity index (χ0) is 21.6. The summed E-state index contributed by atoms with van der Waals surface area (Å²) in [6.45, 7) is 0. The van der Waals surface area contributed by atoms with Gasteiger partial charge in [-0.3, -0.25) is 14.9 Å². The Labute approximate surface area is 183 Å². The van der Waals surface area contributed by atoms with Gasteiger partial charge in [-0.1, -0.05) is 54.6 Å². The van der Waals surface area contributed by atoms with Gasteiger partial charge in [-0.15, -0.1) is 11.3 Å². The molecular formula is C24H20N2O4S. The van der Waals surface area contributed by atoms with Crippen LogP contribution in [0.15, 0.2) is 78.2 Å². The van der Waals surface area contributed by atoms with Gasteiger partial charge in [0.1, 0.15) is 0 Å². The lowest BCUT2D eigenvalue weighted by Crippen LogP contribution is -2.53. The van der Waals surface area contributed by atoms with Crippen molar-refractivity contribution < 1.29 is 19.1 Å². The molecule has 31 heavy (non-hydrogen) atoms. The molecule has 1 aromatic heterocycles. The number of nitrogens with one attached hydrogen (secondary N) is 1. The molecule has 6 nitrogen and oxygen atoms in total. The fourth-order valence-corrected chi connectivity index (χ4v) is 5.71. The largest absolute Gasteiger partial charge is 0.467 e. The van der Waals surface area contributed by atoms with Gasteiger partial charge in [0.25, 0.3) is 0 Å². The van der Waals surface area contributed by atoms with E-state index in [9.17, 15) is 14.4 Å². The van der Waals surface area contributed by atoms with E-state index in [1.54, 1.807) is 36.4 Å². The zero-order valence-electron chi connectivity index (χ0n) is 16.7. The molecule has 2 saturated heterocycles. The van der Waals surface area contributed by atoms with Crippen LogP contribution >= 0.6 is 11.3 Å². The maximum atomic E-state index is 13.8. The van der Waals surface area contributed by atoms with Crippen molar-refractivity contribution in [1.29, 1.82) is 0 Å². The molecule has 3 aromatic rings. The van der Waals surface area contributed by atoms with Crippen molar-refractivity contribution in [3.05, 3.63) is 88.6 Å². The number of carbonyl (C=O) groups excluding carboxylic acids is 3. The molecule has 4 atom stereocenters. The maximum Gasteiger partial charge on any atom is 0.331 e.